The summed E-state index contributed by atoms with van der Waals surface area (Å²) in [6.45, 7) is 5.16. The molecule has 1 aromatic carbocycles. The first-order valence-corrected chi connectivity index (χ1v) is 10.1. The van der Waals surface area contributed by atoms with Crippen LogP contribution < -0.4 is 4.90 Å². The van der Waals surface area contributed by atoms with Gasteiger partial charge in [-0.1, -0.05) is 35.0 Å². The van der Waals surface area contributed by atoms with Crippen molar-refractivity contribution < 1.29 is 4.52 Å². The second-order valence-corrected chi connectivity index (χ2v) is 7.73. The highest BCUT2D eigenvalue weighted by Gasteiger charge is 2.18. The Kier molecular flexibility index (Phi) is 5.53. The van der Waals surface area contributed by atoms with Gasteiger partial charge in [-0.05, 0) is 36.5 Å². The normalized spacial score (nSPS) is 15.5. The van der Waals surface area contributed by atoms with E-state index in [4.69, 9.17) is 16.1 Å². The molecule has 4 rings (SSSR count). The zero-order chi connectivity index (χ0) is 17.8. The second-order valence-electron chi connectivity index (χ2n) is 6.37. The molecule has 2 aromatic heterocycles. The maximum absolute atomic E-state index is 6.31. The molecule has 0 saturated carbocycles. The average Bonchev–Trinajstić information content (AvgIpc) is 3.34. The molecule has 0 N–H and O–H groups in total. The number of hydrogen-bond acceptors (Lipinski definition) is 6. The number of aromatic nitrogens is 2. The lowest BCUT2D eigenvalue weighted by Crippen LogP contribution is -2.46. The van der Waals surface area contributed by atoms with Crippen molar-refractivity contribution in [2.75, 3.05) is 37.6 Å². The molecular weight excluding hydrogens is 368 g/mol. The molecule has 136 valence electrons. The number of piperazine rings is 1. The van der Waals surface area contributed by atoms with Gasteiger partial charge in [-0.3, -0.25) is 4.90 Å². The van der Waals surface area contributed by atoms with Crippen LogP contribution >= 0.6 is 22.9 Å². The van der Waals surface area contributed by atoms with Crippen LogP contribution in [0, 0.1) is 0 Å². The van der Waals surface area contributed by atoms with Gasteiger partial charge in [0.15, 0.2) is 0 Å². The summed E-state index contributed by atoms with van der Waals surface area (Å²) in [7, 11) is 0. The number of anilines is 1. The van der Waals surface area contributed by atoms with Gasteiger partial charge in [0.2, 0.25) is 11.7 Å². The molecule has 0 bridgehead atoms. The van der Waals surface area contributed by atoms with Crippen molar-refractivity contribution in [3.63, 3.8) is 0 Å². The fourth-order valence-corrected chi connectivity index (χ4v) is 4.14. The van der Waals surface area contributed by atoms with Gasteiger partial charge >= 0.3 is 0 Å². The SMILES string of the molecule is Clc1ccccc1N1CCN(CCCc2nc(-c3cccs3)no2)CC1. The third kappa shape index (κ3) is 4.09. The lowest BCUT2D eigenvalue weighted by molar-refractivity contribution is 0.251. The zero-order valence-electron chi connectivity index (χ0n) is 14.5. The summed E-state index contributed by atoms with van der Waals surface area (Å²) >= 11 is 7.93. The molecule has 7 heteroatoms. The minimum atomic E-state index is 0.698. The lowest BCUT2D eigenvalue weighted by Gasteiger charge is -2.36. The summed E-state index contributed by atoms with van der Waals surface area (Å²) in [4.78, 5) is 10.4. The van der Waals surface area contributed by atoms with E-state index in [0.29, 0.717) is 5.82 Å². The number of para-hydroxylation sites is 1. The first-order valence-electron chi connectivity index (χ1n) is 8.88. The second kappa shape index (κ2) is 8.20. The quantitative estimate of drug-likeness (QED) is 0.633. The highest BCUT2D eigenvalue weighted by molar-refractivity contribution is 7.13. The van der Waals surface area contributed by atoms with Crippen LogP contribution in [-0.4, -0.2) is 47.8 Å². The van der Waals surface area contributed by atoms with Crippen LogP contribution in [0.4, 0.5) is 5.69 Å². The predicted molar refractivity (Wildman–Crippen MR) is 106 cm³/mol. The van der Waals surface area contributed by atoms with Crippen molar-refractivity contribution >= 4 is 28.6 Å². The largest absolute Gasteiger partial charge is 0.368 e. The molecule has 0 radical (unpaired) electrons. The van der Waals surface area contributed by atoms with Gasteiger partial charge in [0, 0.05) is 32.6 Å². The van der Waals surface area contributed by atoms with E-state index < -0.39 is 0 Å². The van der Waals surface area contributed by atoms with Gasteiger partial charge in [0.05, 0.1) is 15.6 Å². The molecule has 1 aliphatic heterocycles. The van der Waals surface area contributed by atoms with Crippen LogP contribution in [0.5, 0.6) is 0 Å². The number of thiophene rings is 1. The predicted octanol–water partition coefficient (Wildman–Crippen LogP) is 4.21. The van der Waals surface area contributed by atoms with E-state index in [-0.39, 0.29) is 0 Å². The number of hydrogen-bond donors (Lipinski definition) is 0. The van der Waals surface area contributed by atoms with Crippen LogP contribution in [0.3, 0.4) is 0 Å². The summed E-state index contributed by atoms with van der Waals surface area (Å²) in [6.07, 6.45) is 1.85. The number of aryl methyl sites for hydroxylation is 1. The van der Waals surface area contributed by atoms with E-state index in [1.54, 1.807) is 11.3 Å². The van der Waals surface area contributed by atoms with Crippen LogP contribution in [-0.2, 0) is 6.42 Å². The third-order valence-electron chi connectivity index (χ3n) is 4.64. The van der Waals surface area contributed by atoms with Crippen LogP contribution in [0.2, 0.25) is 5.02 Å². The van der Waals surface area contributed by atoms with Gasteiger partial charge < -0.3 is 9.42 Å². The lowest BCUT2D eigenvalue weighted by atomic mass is 10.2. The molecular formula is C19H21ClN4OS. The Morgan fingerprint density at radius 3 is 2.69 bits per heavy atom. The van der Waals surface area contributed by atoms with E-state index in [9.17, 15) is 0 Å². The van der Waals surface area contributed by atoms with Crippen molar-refractivity contribution in [2.45, 2.75) is 12.8 Å². The molecule has 1 fully saturated rings. The Morgan fingerprint density at radius 2 is 1.92 bits per heavy atom. The summed E-state index contributed by atoms with van der Waals surface area (Å²) in [5.41, 5.74) is 1.14. The maximum Gasteiger partial charge on any atom is 0.227 e. The Hall–Kier alpha value is -1.89. The van der Waals surface area contributed by atoms with Crippen LogP contribution in [0.15, 0.2) is 46.3 Å². The smallest absolute Gasteiger partial charge is 0.227 e. The molecule has 3 aromatic rings. The molecule has 3 heterocycles. The zero-order valence-corrected chi connectivity index (χ0v) is 16.0. The summed E-state index contributed by atoms with van der Waals surface area (Å²) in [5.74, 6) is 1.42. The molecule has 0 atom stereocenters. The average molecular weight is 389 g/mol. The van der Waals surface area contributed by atoms with Gasteiger partial charge in [-0.2, -0.15) is 4.98 Å². The maximum atomic E-state index is 6.31. The minimum absolute atomic E-state index is 0.698. The topological polar surface area (TPSA) is 45.4 Å². The van der Waals surface area contributed by atoms with Crippen molar-refractivity contribution in [1.82, 2.24) is 15.0 Å². The first kappa shape index (κ1) is 17.5. The van der Waals surface area contributed by atoms with E-state index >= 15 is 0 Å². The Labute approximate surface area is 162 Å². The van der Waals surface area contributed by atoms with Crippen molar-refractivity contribution in [1.29, 1.82) is 0 Å². The molecule has 1 saturated heterocycles. The van der Waals surface area contributed by atoms with Gasteiger partial charge in [0.25, 0.3) is 0 Å². The van der Waals surface area contributed by atoms with Crippen LogP contribution in [0.1, 0.15) is 12.3 Å². The Balaban J connectivity index is 1.22. The van der Waals surface area contributed by atoms with Gasteiger partial charge in [-0.15, -0.1) is 11.3 Å². The first-order chi connectivity index (χ1) is 12.8. The number of rotatable bonds is 6. The van der Waals surface area contributed by atoms with E-state index in [0.717, 1.165) is 67.0 Å². The molecule has 0 spiro atoms. The van der Waals surface area contributed by atoms with Crippen molar-refractivity contribution in [3.8, 4) is 10.7 Å². The molecule has 0 unspecified atom stereocenters. The molecule has 26 heavy (non-hydrogen) atoms. The highest BCUT2D eigenvalue weighted by atomic mass is 35.5. The number of nitrogens with zero attached hydrogens (tertiary/aromatic N) is 4. The number of halogens is 1. The summed E-state index contributed by atoms with van der Waals surface area (Å²) in [5, 5.41) is 6.92. The van der Waals surface area contributed by atoms with Crippen LogP contribution in [0.25, 0.3) is 10.7 Å². The van der Waals surface area contributed by atoms with Crippen molar-refractivity contribution in [2.24, 2.45) is 0 Å². The van der Waals surface area contributed by atoms with E-state index in [2.05, 4.69) is 26.0 Å². The van der Waals surface area contributed by atoms with E-state index in [1.165, 1.54) is 0 Å². The summed E-state index contributed by atoms with van der Waals surface area (Å²) < 4.78 is 5.37. The van der Waals surface area contributed by atoms with Gasteiger partial charge in [-0.25, -0.2) is 0 Å². The molecule has 1 aliphatic rings. The number of benzene rings is 1. The highest BCUT2D eigenvalue weighted by Crippen LogP contribution is 2.26. The summed E-state index contributed by atoms with van der Waals surface area (Å²) in [6, 6.07) is 12.1. The fraction of sp³-hybridized carbons (Fsp3) is 0.368. The monoisotopic (exact) mass is 388 g/mol. The van der Waals surface area contributed by atoms with Gasteiger partial charge in [0.1, 0.15) is 0 Å². The molecule has 5 nitrogen and oxygen atoms in total. The van der Waals surface area contributed by atoms with E-state index in [1.807, 2.05) is 35.7 Å². The minimum Gasteiger partial charge on any atom is -0.368 e. The molecule has 0 amide bonds. The Morgan fingerprint density at radius 1 is 1.08 bits per heavy atom. The Bertz CT molecular complexity index is 828. The molecule has 0 aliphatic carbocycles. The fourth-order valence-electron chi connectivity index (χ4n) is 3.24. The third-order valence-corrected chi connectivity index (χ3v) is 5.83. The van der Waals surface area contributed by atoms with Crippen molar-refractivity contribution in [3.05, 3.63) is 52.7 Å². The standard InChI is InChI=1S/C19H21ClN4OS/c20-15-5-1-2-6-16(15)24-12-10-23(11-13-24)9-3-8-18-21-19(22-25-18)17-7-4-14-26-17/h1-2,4-7,14H,3,8-13H2.